The number of hydrogen-bond acceptors (Lipinski definition) is 2. The van der Waals surface area contributed by atoms with Crippen LogP contribution in [-0.2, 0) is 6.42 Å². The van der Waals surface area contributed by atoms with Crippen molar-refractivity contribution in [1.29, 1.82) is 0 Å². The van der Waals surface area contributed by atoms with E-state index in [1.54, 1.807) is 0 Å². The van der Waals surface area contributed by atoms with Gasteiger partial charge in [0.15, 0.2) is 0 Å². The number of aryl methyl sites for hydroxylation is 2. The Morgan fingerprint density at radius 3 is 2.86 bits per heavy atom. The zero-order valence-electron chi connectivity index (χ0n) is 13.2. The predicted octanol–water partition coefficient (Wildman–Crippen LogP) is 3.18. The minimum Gasteiger partial charge on any atom is -0.396 e. The van der Waals surface area contributed by atoms with E-state index in [2.05, 4.69) is 26.1 Å². The molecule has 4 nitrogen and oxygen atoms in total. The molecular formula is C17H26N2O2. The number of carbonyl (C=O) groups is 1. The third kappa shape index (κ3) is 3.76. The van der Waals surface area contributed by atoms with Gasteiger partial charge in [0.1, 0.15) is 0 Å². The number of nitrogens with zero attached hydrogens (tertiary/aromatic N) is 1. The number of piperidine rings is 1. The van der Waals surface area contributed by atoms with E-state index < -0.39 is 0 Å². The van der Waals surface area contributed by atoms with E-state index in [0.29, 0.717) is 6.54 Å². The van der Waals surface area contributed by atoms with Gasteiger partial charge in [-0.1, -0.05) is 13.0 Å². The largest absolute Gasteiger partial charge is 0.396 e. The topological polar surface area (TPSA) is 52.6 Å². The number of aliphatic hydroxyl groups is 1. The number of likely N-dealkylation sites (tertiary alicyclic amines) is 1. The number of urea groups is 1. The Morgan fingerprint density at radius 1 is 1.43 bits per heavy atom. The van der Waals surface area contributed by atoms with Crippen molar-refractivity contribution >= 4 is 11.7 Å². The summed E-state index contributed by atoms with van der Waals surface area (Å²) in [5, 5.41) is 12.3. The second kappa shape index (κ2) is 6.94. The van der Waals surface area contributed by atoms with Gasteiger partial charge in [-0.2, -0.15) is 0 Å². The molecule has 1 aliphatic rings. The van der Waals surface area contributed by atoms with Crippen molar-refractivity contribution in [1.82, 2.24) is 4.90 Å². The Morgan fingerprint density at radius 2 is 2.19 bits per heavy atom. The smallest absolute Gasteiger partial charge is 0.322 e. The number of nitrogens with one attached hydrogen (secondary N) is 1. The number of rotatable bonds is 3. The van der Waals surface area contributed by atoms with Crippen LogP contribution in [0.2, 0.25) is 0 Å². The molecule has 0 aromatic heterocycles. The number of anilines is 1. The maximum atomic E-state index is 12.5. The van der Waals surface area contributed by atoms with Crippen molar-refractivity contribution in [3.8, 4) is 0 Å². The van der Waals surface area contributed by atoms with Crippen LogP contribution in [-0.4, -0.2) is 35.2 Å². The van der Waals surface area contributed by atoms with E-state index in [-0.39, 0.29) is 24.6 Å². The van der Waals surface area contributed by atoms with Gasteiger partial charge in [0.25, 0.3) is 0 Å². The van der Waals surface area contributed by atoms with E-state index in [4.69, 9.17) is 0 Å². The first-order valence-corrected chi connectivity index (χ1v) is 7.83. The fourth-order valence-electron chi connectivity index (χ4n) is 2.94. The van der Waals surface area contributed by atoms with E-state index in [9.17, 15) is 9.90 Å². The molecule has 0 bridgehead atoms. The van der Waals surface area contributed by atoms with Gasteiger partial charge in [-0.15, -0.1) is 0 Å². The van der Waals surface area contributed by atoms with Gasteiger partial charge in [-0.05, 0) is 62.3 Å². The quantitative estimate of drug-likeness (QED) is 0.898. The number of carbonyl (C=O) groups excluding carboxylic acids is 1. The lowest BCUT2D eigenvalue weighted by molar-refractivity contribution is 0.107. The zero-order valence-corrected chi connectivity index (χ0v) is 13.2. The molecule has 21 heavy (non-hydrogen) atoms. The fourth-order valence-corrected chi connectivity index (χ4v) is 2.94. The summed E-state index contributed by atoms with van der Waals surface area (Å²) in [5.74, 6) is 0.205. The Bertz CT molecular complexity index is 502. The molecule has 2 atom stereocenters. The van der Waals surface area contributed by atoms with E-state index in [0.717, 1.165) is 24.9 Å². The highest BCUT2D eigenvalue weighted by Crippen LogP contribution is 2.23. The van der Waals surface area contributed by atoms with E-state index in [1.807, 2.05) is 23.1 Å². The molecule has 2 amide bonds. The van der Waals surface area contributed by atoms with Crippen molar-refractivity contribution in [2.75, 3.05) is 18.5 Å². The molecule has 4 heteroatoms. The molecule has 1 heterocycles. The first-order valence-electron chi connectivity index (χ1n) is 7.83. The normalized spacial score (nSPS) is 22.2. The fraction of sp³-hybridized carbons (Fsp3) is 0.588. The molecule has 1 fully saturated rings. The summed E-state index contributed by atoms with van der Waals surface area (Å²) in [6.07, 6.45) is 2.90. The van der Waals surface area contributed by atoms with Crippen LogP contribution in [0, 0.1) is 12.8 Å². The Kier molecular flexibility index (Phi) is 5.23. The molecule has 1 aliphatic heterocycles. The summed E-state index contributed by atoms with van der Waals surface area (Å²) in [7, 11) is 0. The van der Waals surface area contributed by atoms with Gasteiger partial charge >= 0.3 is 6.03 Å². The molecule has 0 aliphatic carbocycles. The molecule has 1 saturated heterocycles. The van der Waals surface area contributed by atoms with Crippen LogP contribution >= 0.6 is 0 Å². The SMILES string of the molecule is CCc1cc(NC(=O)N2CC(CO)CCC2C)ccc1C. The highest BCUT2D eigenvalue weighted by molar-refractivity contribution is 5.89. The van der Waals surface area contributed by atoms with Gasteiger partial charge in [0.05, 0.1) is 0 Å². The number of benzene rings is 1. The average Bonchev–Trinajstić information content (AvgIpc) is 2.49. The highest BCUT2D eigenvalue weighted by atomic mass is 16.3. The van der Waals surface area contributed by atoms with Gasteiger partial charge in [-0.25, -0.2) is 4.79 Å². The monoisotopic (exact) mass is 290 g/mol. The van der Waals surface area contributed by atoms with Crippen molar-refractivity contribution in [3.63, 3.8) is 0 Å². The van der Waals surface area contributed by atoms with Gasteiger partial charge in [-0.3, -0.25) is 0 Å². The summed E-state index contributed by atoms with van der Waals surface area (Å²) >= 11 is 0. The molecule has 1 aromatic rings. The second-order valence-corrected chi connectivity index (χ2v) is 6.05. The molecule has 2 rings (SSSR count). The standard InChI is InChI=1S/C17H26N2O2/c1-4-15-9-16(8-5-12(15)2)18-17(21)19-10-14(11-20)7-6-13(19)3/h5,8-9,13-14,20H,4,6-7,10-11H2,1-3H3,(H,18,21). The molecule has 2 N–H and O–H groups in total. The number of amides is 2. The summed E-state index contributed by atoms with van der Waals surface area (Å²) in [5.41, 5.74) is 3.36. The first kappa shape index (κ1) is 15.8. The molecule has 0 radical (unpaired) electrons. The highest BCUT2D eigenvalue weighted by Gasteiger charge is 2.28. The van der Waals surface area contributed by atoms with Crippen LogP contribution in [0.3, 0.4) is 0 Å². The summed E-state index contributed by atoms with van der Waals surface area (Å²) in [6, 6.07) is 6.20. The van der Waals surface area contributed by atoms with Crippen molar-refractivity contribution in [2.45, 2.75) is 46.1 Å². The summed E-state index contributed by atoms with van der Waals surface area (Å²) in [6.45, 7) is 7.06. The molecule has 0 spiro atoms. The van der Waals surface area contributed by atoms with Gasteiger partial charge in [0.2, 0.25) is 0 Å². The molecule has 1 aromatic carbocycles. The van der Waals surface area contributed by atoms with E-state index >= 15 is 0 Å². The average molecular weight is 290 g/mol. The lowest BCUT2D eigenvalue weighted by Crippen LogP contribution is -2.48. The number of hydrogen-bond donors (Lipinski definition) is 2. The summed E-state index contributed by atoms with van der Waals surface area (Å²) in [4.78, 5) is 14.3. The van der Waals surface area contributed by atoms with Crippen LogP contribution in [0.1, 0.15) is 37.8 Å². The Balaban J connectivity index is 2.06. The van der Waals surface area contributed by atoms with Crippen LogP contribution in [0.15, 0.2) is 18.2 Å². The minimum atomic E-state index is -0.0634. The maximum Gasteiger partial charge on any atom is 0.322 e. The van der Waals surface area contributed by atoms with Crippen LogP contribution in [0.25, 0.3) is 0 Å². The molecular weight excluding hydrogens is 264 g/mol. The molecule has 0 saturated carbocycles. The van der Waals surface area contributed by atoms with Gasteiger partial charge < -0.3 is 15.3 Å². The third-order valence-corrected chi connectivity index (χ3v) is 4.48. The predicted molar refractivity (Wildman–Crippen MR) is 85.6 cm³/mol. The zero-order chi connectivity index (χ0) is 15.4. The van der Waals surface area contributed by atoms with Crippen molar-refractivity contribution in [3.05, 3.63) is 29.3 Å². The first-order chi connectivity index (χ1) is 10.0. The Labute approximate surface area is 127 Å². The van der Waals surface area contributed by atoms with Crippen LogP contribution in [0.5, 0.6) is 0 Å². The molecule has 2 unspecified atom stereocenters. The van der Waals surface area contributed by atoms with Crippen molar-refractivity contribution in [2.24, 2.45) is 5.92 Å². The van der Waals surface area contributed by atoms with Crippen molar-refractivity contribution < 1.29 is 9.90 Å². The maximum absolute atomic E-state index is 12.5. The summed E-state index contributed by atoms with van der Waals surface area (Å²) < 4.78 is 0. The van der Waals surface area contributed by atoms with Crippen LogP contribution < -0.4 is 5.32 Å². The lowest BCUT2D eigenvalue weighted by Gasteiger charge is -2.37. The minimum absolute atomic E-state index is 0.0634. The lowest BCUT2D eigenvalue weighted by atomic mass is 9.94. The van der Waals surface area contributed by atoms with Gasteiger partial charge in [0, 0.05) is 24.9 Å². The molecule has 116 valence electrons. The van der Waals surface area contributed by atoms with E-state index in [1.165, 1.54) is 11.1 Å². The third-order valence-electron chi connectivity index (χ3n) is 4.48. The van der Waals surface area contributed by atoms with Crippen LogP contribution in [0.4, 0.5) is 10.5 Å². The second-order valence-electron chi connectivity index (χ2n) is 6.05. The Hall–Kier alpha value is -1.55. The number of aliphatic hydroxyl groups excluding tert-OH is 1.